The molecule has 3 amide bonds. The number of alkyl carbamates (subject to hydrolysis) is 1. The summed E-state index contributed by atoms with van der Waals surface area (Å²) in [4.78, 5) is 67.5. The molecule has 0 bridgehead atoms. The van der Waals surface area contributed by atoms with Gasteiger partial charge in [-0.05, 0) is 77.0 Å². The highest BCUT2D eigenvalue weighted by atomic mass is 16.6. The second-order valence-electron chi connectivity index (χ2n) is 16.8. The van der Waals surface area contributed by atoms with Crippen LogP contribution >= 0.6 is 0 Å². The summed E-state index contributed by atoms with van der Waals surface area (Å²) in [5.74, 6) is 0.320. The third kappa shape index (κ3) is 9.47. The van der Waals surface area contributed by atoms with Crippen molar-refractivity contribution < 1.29 is 33.8 Å². The van der Waals surface area contributed by atoms with Crippen LogP contribution in [0.1, 0.15) is 109 Å². The number of likely N-dealkylation sites (tertiary alicyclic amines) is 1. The molecule has 4 N–H and O–H groups in total. The fraction of sp³-hybridized carbons (Fsp3) is 0.659. The van der Waals surface area contributed by atoms with Crippen LogP contribution in [-0.2, 0) is 14.3 Å². The number of ether oxygens (including phenoxy) is 2. The maximum Gasteiger partial charge on any atom is 0.408 e. The molecule has 1 saturated heterocycles. The van der Waals surface area contributed by atoms with Gasteiger partial charge in [0.05, 0.1) is 19.0 Å². The van der Waals surface area contributed by atoms with Crippen molar-refractivity contribution in [1.82, 2.24) is 25.5 Å². The molecule has 15 heteroatoms. The van der Waals surface area contributed by atoms with E-state index in [0.717, 1.165) is 57.2 Å². The summed E-state index contributed by atoms with van der Waals surface area (Å²) in [6.07, 6.45) is 11.4. The monoisotopic (exact) mass is 776 g/mol. The number of carboxylic acids is 1. The molecule has 306 valence electrons. The molecule has 1 unspecified atom stereocenters. The van der Waals surface area contributed by atoms with Gasteiger partial charge in [-0.2, -0.15) is 4.98 Å². The van der Waals surface area contributed by atoms with E-state index in [0.29, 0.717) is 67.5 Å². The first kappa shape index (κ1) is 41.0. The maximum absolute atomic E-state index is 13.5. The highest BCUT2D eigenvalue weighted by Gasteiger charge is 2.42. The number of benzene rings is 1. The average molecular weight is 777 g/mol. The van der Waals surface area contributed by atoms with Crippen molar-refractivity contribution in [2.75, 3.05) is 48.9 Å². The van der Waals surface area contributed by atoms with Crippen molar-refractivity contribution in [3.05, 3.63) is 30.0 Å². The van der Waals surface area contributed by atoms with Crippen molar-refractivity contribution >= 4 is 47.0 Å². The van der Waals surface area contributed by atoms with E-state index in [-0.39, 0.29) is 41.8 Å². The molecule has 56 heavy (non-hydrogen) atoms. The standard InChI is InChI=1S/C41H60N8O7/c1-7-31-37(51)47(5)32-23-42-39(46-35(32)49(31)28-14-10-11-15-28)44-30-17-16-26(22-33(30)55-6)36(50)43-27-18-20-48(21-19-27)24-29(25-12-8-9-13-25)34(38(52)53)45-40(54)56-41(2,3)4/h16-17,22-23,25,27-29,31,34H,7-15,18-21,24H2,1-6H3,(H,43,50)(H,45,54)(H,52,53)(H,42,44,46)/t29?,31-,34+/m1/s1. The summed E-state index contributed by atoms with van der Waals surface area (Å²) in [5, 5.41) is 19.4. The molecule has 0 spiro atoms. The summed E-state index contributed by atoms with van der Waals surface area (Å²) in [5.41, 5.74) is 1.02. The number of aliphatic carboxylic acids is 1. The number of likely N-dealkylation sites (N-methyl/N-ethyl adjacent to an activating group) is 1. The number of methoxy groups -OCH3 is 1. The molecule has 15 nitrogen and oxygen atoms in total. The Bertz CT molecular complexity index is 1730. The van der Waals surface area contributed by atoms with Crippen molar-refractivity contribution in [2.45, 2.75) is 128 Å². The predicted octanol–water partition coefficient (Wildman–Crippen LogP) is 5.71. The summed E-state index contributed by atoms with van der Waals surface area (Å²) in [7, 11) is 3.33. The summed E-state index contributed by atoms with van der Waals surface area (Å²) < 4.78 is 11.1. The minimum atomic E-state index is -1.05. The Labute approximate surface area is 330 Å². The van der Waals surface area contributed by atoms with Crippen LogP contribution in [0.2, 0.25) is 0 Å². The highest BCUT2D eigenvalue weighted by molar-refractivity contribution is 6.04. The Kier molecular flexibility index (Phi) is 12.9. The molecular weight excluding hydrogens is 716 g/mol. The van der Waals surface area contributed by atoms with Crippen LogP contribution in [0.4, 0.5) is 27.9 Å². The van der Waals surface area contributed by atoms with Gasteiger partial charge in [0, 0.05) is 50.2 Å². The van der Waals surface area contributed by atoms with Crippen LogP contribution in [-0.4, -0.2) is 107 Å². The van der Waals surface area contributed by atoms with Crippen molar-refractivity contribution in [2.24, 2.45) is 11.8 Å². The number of fused-ring (bicyclic) bond motifs is 1. The first-order chi connectivity index (χ1) is 26.8. The van der Waals surface area contributed by atoms with Gasteiger partial charge in [-0.25, -0.2) is 14.6 Å². The lowest BCUT2D eigenvalue weighted by Crippen LogP contribution is -2.55. The molecular formula is C41H60N8O7. The number of nitrogens with zero attached hydrogens (tertiary/aromatic N) is 5. The number of aromatic nitrogens is 2. The van der Waals surface area contributed by atoms with Gasteiger partial charge in [-0.1, -0.05) is 45.4 Å². The number of anilines is 4. The van der Waals surface area contributed by atoms with Gasteiger partial charge in [-0.3, -0.25) is 9.59 Å². The first-order valence-electron chi connectivity index (χ1n) is 20.4. The second kappa shape index (κ2) is 17.6. The second-order valence-corrected chi connectivity index (χ2v) is 16.8. The van der Waals surface area contributed by atoms with Gasteiger partial charge in [0.2, 0.25) is 11.9 Å². The molecule has 2 saturated carbocycles. The van der Waals surface area contributed by atoms with Crippen molar-refractivity contribution in [3.8, 4) is 5.75 Å². The van der Waals surface area contributed by atoms with E-state index in [9.17, 15) is 24.3 Å². The van der Waals surface area contributed by atoms with Gasteiger partial charge < -0.3 is 45.2 Å². The molecule has 6 rings (SSSR count). The van der Waals surface area contributed by atoms with Crippen LogP contribution < -0.4 is 30.5 Å². The number of carboxylic acid groups (broad SMARTS) is 1. The lowest BCUT2D eigenvalue weighted by molar-refractivity contribution is -0.142. The van der Waals surface area contributed by atoms with E-state index in [4.69, 9.17) is 14.5 Å². The third-order valence-corrected chi connectivity index (χ3v) is 11.9. The molecule has 1 aromatic heterocycles. The Morgan fingerprint density at radius 1 is 1.02 bits per heavy atom. The minimum absolute atomic E-state index is 0.0497. The fourth-order valence-corrected chi connectivity index (χ4v) is 9.02. The molecule has 1 aromatic carbocycles. The molecule has 2 aliphatic carbocycles. The predicted molar refractivity (Wildman–Crippen MR) is 214 cm³/mol. The Balaban J connectivity index is 1.08. The van der Waals surface area contributed by atoms with Gasteiger partial charge in [0.25, 0.3) is 5.91 Å². The van der Waals surface area contributed by atoms with E-state index < -0.39 is 23.7 Å². The lowest BCUT2D eigenvalue weighted by atomic mass is 9.83. The zero-order valence-corrected chi connectivity index (χ0v) is 33.8. The van der Waals surface area contributed by atoms with Crippen molar-refractivity contribution in [1.29, 1.82) is 0 Å². The van der Waals surface area contributed by atoms with Gasteiger partial charge in [-0.15, -0.1) is 0 Å². The van der Waals surface area contributed by atoms with E-state index in [1.54, 1.807) is 64.2 Å². The Morgan fingerprint density at radius 2 is 1.70 bits per heavy atom. The van der Waals surface area contributed by atoms with Gasteiger partial charge in [0.15, 0.2) is 5.82 Å². The summed E-state index contributed by atoms with van der Waals surface area (Å²) in [6, 6.07) is 4.11. The number of nitrogens with one attached hydrogen (secondary N) is 3. The normalized spacial score (nSPS) is 21.0. The van der Waals surface area contributed by atoms with Gasteiger partial charge in [0.1, 0.15) is 29.1 Å². The van der Waals surface area contributed by atoms with E-state index >= 15 is 0 Å². The molecule has 0 radical (unpaired) electrons. The smallest absolute Gasteiger partial charge is 0.408 e. The summed E-state index contributed by atoms with van der Waals surface area (Å²) >= 11 is 0. The zero-order chi connectivity index (χ0) is 40.1. The maximum atomic E-state index is 13.5. The number of carbonyl (C=O) groups is 4. The number of hydrogen-bond acceptors (Lipinski definition) is 11. The molecule has 2 aliphatic heterocycles. The number of hydrogen-bond donors (Lipinski definition) is 4. The SMILES string of the molecule is CC[C@@H]1C(=O)N(C)c2cnc(Nc3ccc(C(=O)NC4CCN(CC(C5CCCC5)[C@H](NC(=O)OC(C)(C)C)C(=O)O)CC4)cc3OC)nc2N1C1CCCC1. The van der Waals surface area contributed by atoms with Crippen LogP contribution in [0.15, 0.2) is 24.4 Å². The first-order valence-corrected chi connectivity index (χ1v) is 20.4. The van der Waals surface area contributed by atoms with Crippen LogP contribution in [0.3, 0.4) is 0 Å². The number of amides is 3. The Hall–Kier alpha value is -4.66. The van der Waals surface area contributed by atoms with E-state index in [2.05, 4.69) is 30.7 Å². The summed E-state index contributed by atoms with van der Waals surface area (Å²) in [6.45, 7) is 9.24. The van der Waals surface area contributed by atoms with Crippen LogP contribution in [0.5, 0.6) is 5.75 Å². The number of rotatable bonds is 13. The van der Waals surface area contributed by atoms with Crippen LogP contribution in [0.25, 0.3) is 0 Å². The molecule has 3 heterocycles. The highest BCUT2D eigenvalue weighted by Crippen LogP contribution is 2.41. The Morgan fingerprint density at radius 3 is 2.32 bits per heavy atom. The molecule has 2 aromatic rings. The fourth-order valence-electron chi connectivity index (χ4n) is 9.02. The zero-order valence-electron chi connectivity index (χ0n) is 33.8. The molecule has 3 atom stereocenters. The van der Waals surface area contributed by atoms with Gasteiger partial charge >= 0.3 is 12.1 Å². The average Bonchev–Trinajstić information content (AvgIpc) is 3.90. The van der Waals surface area contributed by atoms with E-state index in [1.807, 2.05) is 6.92 Å². The lowest BCUT2D eigenvalue weighted by Gasteiger charge is -2.43. The largest absolute Gasteiger partial charge is 0.495 e. The minimum Gasteiger partial charge on any atom is -0.495 e. The quantitative estimate of drug-likeness (QED) is 0.195. The third-order valence-electron chi connectivity index (χ3n) is 11.9. The number of carbonyl (C=O) groups excluding carboxylic acids is 3. The topological polar surface area (TPSA) is 179 Å². The van der Waals surface area contributed by atoms with Crippen molar-refractivity contribution in [3.63, 3.8) is 0 Å². The van der Waals surface area contributed by atoms with E-state index in [1.165, 1.54) is 0 Å². The molecule has 4 aliphatic rings. The molecule has 3 fully saturated rings. The van der Waals surface area contributed by atoms with Crippen LogP contribution in [0, 0.1) is 11.8 Å². The number of piperidine rings is 1.